The van der Waals surface area contributed by atoms with E-state index in [0.717, 1.165) is 16.7 Å². The summed E-state index contributed by atoms with van der Waals surface area (Å²) in [4.78, 5) is 30.2. The minimum Gasteiger partial charge on any atom is -0.444 e. The number of hydrogen-bond acceptors (Lipinski definition) is 3. The van der Waals surface area contributed by atoms with Gasteiger partial charge in [-0.1, -0.05) is 29.3 Å². The lowest BCUT2D eigenvalue weighted by atomic mass is 9.79. The molecule has 1 heterocycles. The molecule has 0 aromatic heterocycles. The Bertz CT molecular complexity index is 1130. The van der Waals surface area contributed by atoms with Gasteiger partial charge in [-0.2, -0.15) is 0 Å². The zero-order chi connectivity index (χ0) is 27.0. The number of piperidine rings is 1. The smallest absolute Gasteiger partial charge is 0.410 e. The number of aryl methyl sites for hydroxylation is 1. The van der Waals surface area contributed by atoms with E-state index < -0.39 is 17.1 Å². The molecule has 0 unspecified atom stereocenters. The number of nitrogens with zero attached hydrogens (tertiary/aromatic N) is 2. The van der Waals surface area contributed by atoms with Crippen LogP contribution in [0.1, 0.15) is 63.6 Å². The first-order valence-electron chi connectivity index (χ1n) is 12.1. The molecule has 36 heavy (non-hydrogen) atoms. The Morgan fingerprint density at radius 2 is 1.67 bits per heavy atom. The van der Waals surface area contributed by atoms with Gasteiger partial charge in [0.25, 0.3) is 0 Å². The van der Waals surface area contributed by atoms with Crippen LogP contribution in [0.2, 0.25) is 10.0 Å². The minimum atomic E-state index is -0.895. The van der Waals surface area contributed by atoms with Gasteiger partial charge in [-0.15, -0.1) is 0 Å². The number of amides is 2. The summed E-state index contributed by atoms with van der Waals surface area (Å²) >= 11 is 12.4. The van der Waals surface area contributed by atoms with Crippen molar-refractivity contribution in [1.82, 2.24) is 9.80 Å². The molecule has 2 amide bonds. The third-order valence-electron chi connectivity index (χ3n) is 6.80. The fourth-order valence-corrected chi connectivity index (χ4v) is 5.41. The predicted molar refractivity (Wildman–Crippen MR) is 142 cm³/mol. The van der Waals surface area contributed by atoms with Crippen LogP contribution >= 0.6 is 23.2 Å². The zero-order valence-corrected chi connectivity index (χ0v) is 23.5. The van der Waals surface area contributed by atoms with Gasteiger partial charge in [0.15, 0.2) is 0 Å². The van der Waals surface area contributed by atoms with Crippen molar-refractivity contribution in [3.05, 3.63) is 69.0 Å². The second-order valence-corrected chi connectivity index (χ2v) is 12.0. The van der Waals surface area contributed by atoms with Crippen LogP contribution in [0.3, 0.4) is 0 Å². The Hall–Kier alpha value is -2.31. The van der Waals surface area contributed by atoms with Crippen molar-refractivity contribution in [2.75, 3.05) is 20.1 Å². The highest BCUT2D eigenvalue weighted by Crippen LogP contribution is 2.37. The molecule has 1 aliphatic rings. The molecule has 1 saturated heterocycles. The van der Waals surface area contributed by atoms with E-state index in [-0.39, 0.29) is 23.7 Å². The summed E-state index contributed by atoms with van der Waals surface area (Å²) in [7, 11) is 1.79. The molecule has 0 spiro atoms. The van der Waals surface area contributed by atoms with Crippen LogP contribution in [-0.4, -0.2) is 53.6 Å². The van der Waals surface area contributed by atoms with Gasteiger partial charge < -0.3 is 14.5 Å². The van der Waals surface area contributed by atoms with E-state index in [0.29, 0.717) is 29.6 Å². The standard InChI is InChI=1S/C28H35Cl2FN2O3/c1-17-12-21(31)8-9-22(17)23-16-33(26(35)36-27(2,3)4)11-10-24(23)32(7)25(34)28(5,6)18-13-19(29)15-20(30)14-18/h8-9,12-15,23-24H,10-11,16H2,1-7H3/t23-,24+/m0/s1. The van der Waals surface area contributed by atoms with Crippen LogP contribution in [-0.2, 0) is 14.9 Å². The van der Waals surface area contributed by atoms with Crippen molar-refractivity contribution in [2.45, 2.75) is 70.9 Å². The normalized spacial score (nSPS) is 18.7. The minimum absolute atomic E-state index is 0.0960. The first-order valence-corrected chi connectivity index (χ1v) is 12.8. The van der Waals surface area contributed by atoms with Crippen LogP contribution < -0.4 is 0 Å². The van der Waals surface area contributed by atoms with Gasteiger partial charge in [-0.3, -0.25) is 4.79 Å². The van der Waals surface area contributed by atoms with Crippen LogP contribution in [0.25, 0.3) is 0 Å². The second kappa shape index (κ2) is 10.6. The molecule has 1 fully saturated rings. The van der Waals surface area contributed by atoms with Crippen molar-refractivity contribution in [3.63, 3.8) is 0 Å². The molecule has 0 aliphatic carbocycles. The predicted octanol–water partition coefficient (Wildman–Crippen LogP) is 6.97. The number of rotatable bonds is 4. The van der Waals surface area contributed by atoms with Gasteiger partial charge >= 0.3 is 6.09 Å². The maximum absolute atomic E-state index is 13.9. The highest BCUT2D eigenvalue weighted by Gasteiger charge is 2.42. The summed E-state index contributed by atoms with van der Waals surface area (Å²) in [5.74, 6) is -0.642. The fraction of sp³-hybridized carbons (Fsp3) is 0.500. The maximum atomic E-state index is 13.9. The van der Waals surface area contributed by atoms with Crippen molar-refractivity contribution < 1.29 is 18.7 Å². The van der Waals surface area contributed by atoms with E-state index in [9.17, 15) is 14.0 Å². The number of likely N-dealkylation sites (tertiary alicyclic amines) is 1. The quantitative estimate of drug-likeness (QED) is 0.423. The highest BCUT2D eigenvalue weighted by molar-refractivity contribution is 6.34. The Morgan fingerprint density at radius 3 is 2.22 bits per heavy atom. The van der Waals surface area contributed by atoms with E-state index in [1.165, 1.54) is 12.1 Å². The number of likely N-dealkylation sites (N-methyl/N-ethyl adjacent to an activating group) is 1. The van der Waals surface area contributed by atoms with Gasteiger partial charge in [0.1, 0.15) is 11.4 Å². The largest absolute Gasteiger partial charge is 0.444 e. The molecule has 5 nitrogen and oxygen atoms in total. The fourth-order valence-electron chi connectivity index (χ4n) is 4.89. The zero-order valence-electron chi connectivity index (χ0n) is 22.0. The topological polar surface area (TPSA) is 49.9 Å². The van der Waals surface area contributed by atoms with E-state index >= 15 is 0 Å². The Labute approximate surface area is 223 Å². The number of ether oxygens (including phenoxy) is 1. The Balaban J connectivity index is 1.95. The molecule has 2 aromatic carbocycles. The third kappa shape index (κ3) is 6.33. The van der Waals surface area contributed by atoms with Gasteiger partial charge in [0.05, 0.1) is 5.41 Å². The lowest BCUT2D eigenvalue weighted by Crippen LogP contribution is -2.55. The van der Waals surface area contributed by atoms with Gasteiger partial charge in [-0.05, 0) is 95.0 Å². The number of carbonyl (C=O) groups excluding carboxylic acids is 2. The number of benzene rings is 2. The van der Waals surface area contributed by atoms with Gasteiger partial charge in [0, 0.05) is 42.1 Å². The first kappa shape index (κ1) is 28.3. The van der Waals surface area contributed by atoms with E-state index in [4.69, 9.17) is 27.9 Å². The Kier molecular flexibility index (Phi) is 8.31. The van der Waals surface area contributed by atoms with Gasteiger partial charge in [0.2, 0.25) is 5.91 Å². The summed E-state index contributed by atoms with van der Waals surface area (Å²) in [5.41, 5.74) is 0.881. The highest BCUT2D eigenvalue weighted by atomic mass is 35.5. The van der Waals surface area contributed by atoms with Crippen molar-refractivity contribution in [2.24, 2.45) is 0 Å². The molecule has 1 aliphatic heterocycles. The maximum Gasteiger partial charge on any atom is 0.410 e. The van der Waals surface area contributed by atoms with E-state index in [1.54, 1.807) is 41.1 Å². The summed E-state index contributed by atoms with van der Waals surface area (Å²) in [6.45, 7) is 11.8. The second-order valence-electron chi connectivity index (χ2n) is 11.1. The average molecular weight is 538 g/mol. The van der Waals surface area contributed by atoms with Crippen LogP contribution in [0.5, 0.6) is 0 Å². The molecule has 196 valence electrons. The number of hydrogen-bond donors (Lipinski definition) is 0. The van der Waals surface area contributed by atoms with Gasteiger partial charge in [-0.25, -0.2) is 9.18 Å². The summed E-state index contributed by atoms with van der Waals surface area (Å²) in [6, 6.07) is 9.59. The molecule has 0 radical (unpaired) electrons. The molecular formula is C28H35Cl2FN2O3. The van der Waals surface area contributed by atoms with Crippen LogP contribution in [0.15, 0.2) is 36.4 Å². The average Bonchev–Trinajstić information content (AvgIpc) is 2.76. The molecule has 0 bridgehead atoms. The van der Waals surface area contributed by atoms with Crippen molar-refractivity contribution in [1.29, 1.82) is 0 Å². The molecule has 0 N–H and O–H groups in total. The third-order valence-corrected chi connectivity index (χ3v) is 7.23. The van der Waals surface area contributed by atoms with Crippen molar-refractivity contribution >= 4 is 35.2 Å². The molecular weight excluding hydrogens is 502 g/mol. The first-order chi connectivity index (χ1) is 16.6. The molecule has 3 rings (SSSR count). The van der Waals surface area contributed by atoms with E-state index in [2.05, 4.69) is 0 Å². The Morgan fingerprint density at radius 1 is 1.06 bits per heavy atom. The summed E-state index contributed by atoms with van der Waals surface area (Å²) in [6.07, 6.45) is 0.156. The summed E-state index contributed by atoms with van der Waals surface area (Å²) < 4.78 is 19.5. The monoisotopic (exact) mass is 536 g/mol. The number of carbonyl (C=O) groups is 2. The summed E-state index contributed by atoms with van der Waals surface area (Å²) in [5, 5.41) is 0.929. The lowest BCUT2D eigenvalue weighted by Gasteiger charge is -2.45. The van der Waals surface area contributed by atoms with Crippen LogP contribution in [0.4, 0.5) is 9.18 Å². The molecule has 0 saturated carbocycles. The molecule has 8 heteroatoms. The number of halogens is 3. The van der Waals surface area contributed by atoms with E-state index in [1.807, 2.05) is 41.5 Å². The van der Waals surface area contributed by atoms with Crippen LogP contribution in [0, 0.1) is 12.7 Å². The molecule has 2 aromatic rings. The SMILES string of the molecule is Cc1cc(F)ccc1[C@@H]1CN(C(=O)OC(C)(C)C)CC[C@H]1N(C)C(=O)C(C)(C)c1cc(Cl)cc(Cl)c1. The van der Waals surface area contributed by atoms with Crippen molar-refractivity contribution in [3.8, 4) is 0 Å². The lowest BCUT2D eigenvalue weighted by molar-refractivity contribution is -0.138. The molecule has 2 atom stereocenters.